The summed E-state index contributed by atoms with van der Waals surface area (Å²) in [5.41, 5.74) is 2.62. The van der Waals surface area contributed by atoms with Crippen LogP contribution in [0.4, 0.5) is 0 Å². The number of nitrogens with two attached hydrogens (primary N) is 1. The van der Waals surface area contributed by atoms with E-state index in [1.807, 2.05) is 7.05 Å². The summed E-state index contributed by atoms with van der Waals surface area (Å²) in [4.78, 5) is 13.7. The first-order valence-electron chi connectivity index (χ1n) is 6.54. The van der Waals surface area contributed by atoms with Crippen LogP contribution in [0.1, 0.15) is 29.0 Å². The lowest BCUT2D eigenvalue weighted by molar-refractivity contribution is 0.0403. The van der Waals surface area contributed by atoms with Gasteiger partial charge in [-0.05, 0) is 31.9 Å². The molecule has 2 heterocycles. The van der Waals surface area contributed by atoms with Crippen molar-refractivity contribution in [2.45, 2.75) is 19.4 Å². The standard InChI is InChI=1S/C13H21N3O3/c1-16(7-10-3-2-5-18-9-10)8-12-11(4-6-19-12)13(17)15-14/h4,6,10H,2-3,5,7-9,14H2,1H3,(H,15,17). The Bertz CT molecular complexity index is 413. The lowest BCUT2D eigenvalue weighted by atomic mass is 10.0. The number of nitrogens with zero attached hydrogens (tertiary/aromatic N) is 1. The fourth-order valence-corrected chi connectivity index (χ4v) is 2.45. The Morgan fingerprint density at radius 3 is 3.16 bits per heavy atom. The van der Waals surface area contributed by atoms with E-state index in [0.717, 1.165) is 26.2 Å². The molecule has 0 aromatic carbocycles. The highest BCUT2D eigenvalue weighted by molar-refractivity contribution is 5.94. The van der Waals surface area contributed by atoms with Gasteiger partial charge in [-0.2, -0.15) is 0 Å². The number of hydrogen-bond acceptors (Lipinski definition) is 5. The molecule has 0 bridgehead atoms. The van der Waals surface area contributed by atoms with Gasteiger partial charge in [0.05, 0.1) is 25.0 Å². The van der Waals surface area contributed by atoms with Crippen LogP contribution < -0.4 is 11.3 Å². The van der Waals surface area contributed by atoms with Gasteiger partial charge in [-0.25, -0.2) is 5.84 Å². The average Bonchev–Trinajstić information content (AvgIpc) is 2.87. The van der Waals surface area contributed by atoms with Gasteiger partial charge in [0, 0.05) is 13.2 Å². The third-order valence-electron chi connectivity index (χ3n) is 3.36. The van der Waals surface area contributed by atoms with E-state index in [4.69, 9.17) is 15.0 Å². The number of amides is 1. The summed E-state index contributed by atoms with van der Waals surface area (Å²) >= 11 is 0. The van der Waals surface area contributed by atoms with Crippen LogP contribution in [0, 0.1) is 5.92 Å². The maximum atomic E-state index is 11.5. The van der Waals surface area contributed by atoms with E-state index in [0.29, 0.717) is 23.8 Å². The molecule has 19 heavy (non-hydrogen) atoms. The van der Waals surface area contributed by atoms with Crippen LogP contribution in [0.3, 0.4) is 0 Å². The largest absolute Gasteiger partial charge is 0.467 e. The van der Waals surface area contributed by atoms with E-state index in [1.165, 1.54) is 12.7 Å². The number of nitrogen functional groups attached to an aromatic ring is 1. The van der Waals surface area contributed by atoms with Crippen molar-refractivity contribution >= 4 is 5.91 Å². The Labute approximate surface area is 112 Å². The lowest BCUT2D eigenvalue weighted by Crippen LogP contribution is -2.33. The highest BCUT2D eigenvalue weighted by Gasteiger charge is 2.19. The third kappa shape index (κ3) is 3.79. The number of carbonyl (C=O) groups is 1. The van der Waals surface area contributed by atoms with Gasteiger partial charge < -0.3 is 9.15 Å². The Kier molecular flexibility index (Phi) is 4.95. The molecule has 0 spiro atoms. The molecule has 1 aliphatic heterocycles. The van der Waals surface area contributed by atoms with Gasteiger partial charge in [-0.3, -0.25) is 15.1 Å². The first-order chi connectivity index (χ1) is 9.20. The van der Waals surface area contributed by atoms with Gasteiger partial charge in [0.2, 0.25) is 0 Å². The summed E-state index contributed by atoms with van der Waals surface area (Å²) in [5.74, 6) is 6.02. The minimum absolute atomic E-state index is 0.321. The summed E-state index contributed by atoms with van der Waals surface area (Å²) in [6.07, 6.45) is 3.83. The lowest BCUT2D eigenvalue weighted by Gasteiger charge is -2.26. The monoisotopic (exact) mass is 267 g/mol. The molecule has 1 unspecified atom stereocenters. The molecule has 6 heteroatoms. The highest BCUT2D eigenvalue weighted by Crippen LogP contribution is 2.17. The minimum Gasteiger partial charge on any atom is -0.467 e. The molecule has 1 amide bonds. The Hall–Kier alpha value is -1.37. The normalized spacial score (nSPS) is 19.6. The molecule has 3 N–H and O–H groups in total. The zero-order valence-corrected chi connectivity index (χ0v) is 11.2. The fourth-order valence-electron chi connectivity index (χ4n) is 2.45. The molecule has 1 saturated heterocycles. The van der Waals surface area contributed by atoms with Gasteiger partial charge in [-0.15, -0.1) is 0 Å². The molecule has 1 atom stereocenters. The molecule has 1 aromatic heterocycles. The minimum atomic E-state index is -0.321. The molecule has 6 nitrogen and oxygen atoms in total. The predicted molar refractivity (Wildman–Crippen MR) is 70.2 cm³/mol. The summed E-state index contributed by atoms with van der Waals surface area (Å²) in [7, 11) is 2.02. The van der Waals surface area contributed by atoms with Gasteiger partial charge in [0.1, 0.15) is 5.76 Å². The second kappa shape index (κ2) is 6.70. The Morgan fingerprint density at radius 1 is 1.63 bits per heavy atom. The van der Waals surface area contributed by atoms with Crippen molar-refractivity contribution in [3.63, 3.8) is 0 Å². The summed E-state index contributed by atoms with van der Waals surface area (Å²) < 4.78 is 10.8. The zero-order chi connectivity index (χ0) is 13.7. The highest BCUT2D eigenvalue weighted by atomic mass is 16.5. The van der Waals surface area contributed by atoms with Gasteiger partial charge >= 0.3 is 0 Å². The van der Waals surface area contributed by atoms with Crippen LogP contribution in [-0.2, 0) is 11.3 Å². The third-order valence-corrected chi connectivity index (χ3v) is 3.36. The van der Waals surface area contributed by atoms with Crippen molar-refractivity contribution in [2.75, 3.05) is 26.8 Å². The number of hydrazine groups is 1. The van der Waals surface area contributed by atoms with E-state index in [2.05, 4.69) is 10.3 Å². The second-order valence-corrected chi connectivity index (χ2v) is 5.01. The van der Waals surface area contributed by atoms with E-state index in [1.54, 1.807) is 6.07 Å². The van der Waals surface area contributed by atoms with Gasteiger partial charge in [-0.1, -0.05) is 0 Å². The van der Waals surface area contributed by atoms with Crippen molar-refractivity contribution in [3.8, 4) is 0 Å². The van der Waals surface area contributed by atoms with Crippen molar-refractivity contribution in [1.29, 1.82) is 0 Å². The molecule has 106 valence electrons. The molecule has 0 saturated carbocycles. The second-order valence-electron chi connectivity index (χ2n) is 5.01. The number of ether oxygens (including phenoxy) is 1. The Balaban J connectivity index is 1.89. The number of carbonyl (C=O) groups excluding carboxylic acids is 1. The molecule has 0 aliphatic carbocycles. The van der Waals surface area contributed by atoms with Crippen LogP contribution in [0.5, 0.6) is 0 Å². The van der Waals surface area contributed by atoms with Gasteiger partial charge in [0.25, 0.3) is 5.91 Å². The molecule has 1 fully saturated rings. The zero-order valence-electron chi connectivity index (χ0n) is 11.2. The van der Waals surface area contributed by atoms with E-state index >= 15 is 0 Å². The smallest absolute Gasteiger partial charge is 0.268 e. The first-order valence-corrected chi connectivity index (χ1v) is 6.54. The Morgan fingerprint density at radius 2 is 2.47 bits per heavy atom. The summed E-state index contributed by atoms with van der Waals surface area (Å²) in [6.45, 7) is 3.22. The first kappa shape index (κ1) is 14.0. The number of hydrogen-bond donors (Lipinski definition) is 2. The molecule has 1 aromatic rings. The van der Waals surface area contributed by atoms with Crippen LogP contribution in [0.15, 0.2) is 16.7 Å². The SMILES string of the molecule is CN(Cc1occc1C(=O)NN)CC1CCCOC1. The molecular weight excluding hydrogens is 246 g/mol. The summed E-state index contributed by atoms with van der Waals surface area (Å²) in [6, 6.07) is 1.63. The number of furan rings is 1. The quantitative estimate of drug-likeness (QED) is 0.467. The molecule has 2 rings (SSSR count). The van der Waals surface area contributed by atoms with Crippen LogP contribution >= 0.6 is 0 Å². The van der Waals surface area contributed by atoms with Crippen molar-refractivity contribution in [3.05, 3.63) is 23.7 Å². The van der Waals surface area contributed by atoms with E-state index in [9.17, 15) is 4.79 Å². The van der Waals surface area contributed by atoms with Crippen LogP contribution in [-0.4, -0.2) is 37.6 Å². The molecule has 1 aliphatic rings. The van der Waals surface area contributed by atoms with Gasteiger partial charge in [0.15, 0.2) is 0 Å². The van der Waals surface area contributed by atoms with Crippen molar-refractivity contribution in [1.82, 2.24) is 10.3 Å². The fraction of sp³-hybridized carbons (Fsp3) is 0.615. The topological polar surface area (TPSA) is 80.7 Å². The maximum absolute atomic E-state index is 11.5. The van der Waals surface area contributed by atoms with Crippen molar-refractivity contribution < 1.29 is 13.9 Å². The van der Waals surface area contributed by atoms with Crippen molar-refractivity contribution in [2.24, 2.45) is 11.8 Å². The van der Waals surface area contributed by atoms with E-state index in [-0.39, 0.29) is 5.91 Å². The van der Waals surface area contributed by atoms with E-state index < -0.39 is 0 Å². The summed E-state index contributed by atoms with van der Waals surface area (Å²) in [5, 5.41) is 0. The molecular formula is C13H21N3O3. The maximum Gasteiger partial charge on any atom is 0.268 e. The van der Waals surface area contributed by atoms with Crippen LogP contribution in [0.25, 0.3) is 0 Å². The predicted octanol–water partition coefficient (Wildman–Crippen LogP) is 0.741. The average molecular weight is 267 g/mol. The number of nitrogens with one attached hydrogen (secondary N) is 1. The number of rotatable bonds is 5. The van der Waals surface area contributed by atoms with Crippen LogP contribution in [0.2, 0.25) is 0 Å². The molecule has 0 radical (unpaired) electrons.